The highest BCUT2D eigenvalue weighted by atomic mass is 19.1. The van der Waals surface area contributed by atoms with Crippen LogP contribution in [0.25, 0.3) is 17.1 Å². The number of nitrogens with one attached hydrogen (secondary N) is 1. The molecule has 1 aliphatic rings. The Morgan fingerprint density at radius 1 is 1.11 bits per heavy atom. The molecular formula is C27H32FN7O. The molecule has 1 aromatic carbocycles. The maximum atomic E-state index is 13.6. The summed E-state index contributed by atoms with van der Waals surface area (Å²) in [4.78, 5) is 8.85. The summed E-state index contributed by atoms with van der Waals surface area (Å²) in [5.41, 5.74) is 4.36. The summed E-state index contributed by atoms with van der Waals surface area (Å²) in [6.07, 6.45) is 4.66. The predicted octanol–water partition coefficient (Wildman–Crippen LogP) is 5.23. The molecule has 188 valence electrons. The summed E-state index contributed by atoms with van der Waals surface area (Å²) in [6, 6.07) is 8.42. The number of nitrogens with zero attached hydrogens (tertiary/aromatic N) is 6. The highest BCUT2D eigenvalue weighted by molar-refractivity contribution is 5.72. The highest BCUT2D eigenvalue weighted by Crippen LogP contribution is 2.36. The molecule has 0 unspecified atom stereocenters. The molecule has 0 aliphatic heterocycles. The van der Waals surface area contributed by atoms with E-state index in [9.17, 15) is 9.50 Å². The monoisotopic (exact) mass is 489 g/mol. The quantitative estimate of drug-likeness (QED) is 0.352. The minimum absolute atomic E-state index is 0.256. The fraction of sp³-hybridized carbons (Fsp3) is 0.407. The molecule has 0 amide bonds. The number of halogens is 1. The molecule has 0 saturated heterocycles. The summed E-state index contributed by atoms with van der Waals surface area (Å²) >= 11 is 0. The van der Waals surface area contributed by atoms with Crippen molar-refractivity contribution in [3.05, 3.63) is 65.0 Å². The van der Waals surface area contributed by atoms with E-state index in [-0.39, 0.29) is 5.82 Å². The first-order chi connectivity index (χ1) is 17.2. The average molecular weight is 490 g/mol. The third kappa shape index (κ3) is 4.63. The lowest BCUT2D eigenvalue weighted by Gasteiger charge is -2.18. The molecule has 1 saturated carbocycles. The van der Waals surface area contributed by atoms with Gasteiger partial charge in [-0.2, -0.15) is 10.2 Å². The van der Waals surface area contributed by atoms with Crippen LogP contribution >= 0.6 is 0 Å². The molecule has 1 fully saturated rings. The Bertz CT molecular complexity index is 1390. The molecule has 0 bridgehead atoms. The van der Waals surface area contributed by atoms with E-state index < -0.39 is 5.60 Å². The summed E-state index contributed by atoms with van der Waals surface area (Å²) < 4.78 is 17.4. The van der Waals surface area contributed by atoms with Crippen LogP contribution in [0.1, 0.15) is 56.1 Å². The lowest BCUT2D eigenvalue weighted by atomic mass is 9.96. The minimum Gasteiger partial charge on any atom is -0.386 e. The maximum absolute atomic E-state index is 13.6. The Kier molecular flexibility index (Phi) is 6.12. The van der Waals surface area contributed by atoms with Crippen molar-refractivity contribution in [1.82, 2.24) is 29.5 Å². The van der Waals surface area contributed by atoms with Gasteiger partial charge in [0, 0.05) is 35.0 Å². The van der Waals surface area contributed by atoms with Gasteiger partial charge in [0.15, 0.2) is 11.6 Å². The second-order valence-corrected chi connectivity index (χ2v) is 10.1. The number of rotatable bonds is 8. The molecule has 1 aliphatic carbocycles. The van der Waals surface area contributed by atoms with Gasteiger partial charge in [0.1, 0.15) is 18.0 Å². The van der Waals surface area contributed by atoms with Gasteiger partial charge in [0.05, 0.1) is 17.0 Å². The first-order valence-electron chi connectivity index (χ1n) is 12.4. The lowest BCUT2D eigenvalue weighted by molar-refractivity contribution is 0.0772. The van der Waals surface area contributed by atoms with Crippen LogP contribution in [0, 0.1) is 25.6 Å². The SMILES string of the molecule is CCc1c(Nc2cc(-n3nc(C)c(C(C)(C)O)c3C)ncn2)nn(CC2CC2)c1-c1ccc(F)cc1. The van der Waals surface area contributed by atoms with E-state index in [0.717, 1.165) is 52.6 Å². The van der Waals surface area contributed by atoms with Crippen molar-refractivity contribution >= 4 is 11.6 Å². The van der Waals surface area contributed by atoms with Gasteiger partial charge in [0.25, 0.3) is 0 Å². The smallest absolute Gasteiger partial charge is 0.159 e. The van der Waals surface area contributed by atoms with Crippen molar-refractivity contribution in [3.63, 3.8) is 0 Å². The van der Waals surface area contributed by atoms with Crippen LogP contribution in [0.15, 0.2) is 36.7 Å². The molecule has 5 rings (SSSR count). The van der Waals surface area contributed by atoms with Gasteiger partial charge in [-0.25, -0.2) is 19.0 Å². The third-order valence-corrected chi connectivity index (χ3v) is 6.67. The van der Waals surface area contributed by atoms with Gasteiger partial charge < -0.3 is 10.4 Å². The zero-order chi connectivity index (χ0) is 25.6. The Morgan fingerprint density at radius 3 is 2.44 bits per heavy atom. The molecule has 9 heteroatoms. The zero-order valence-electron chi connectivity index (χ0n) is 21.4. The summed E-state index contributed by atoms with van der Waals surface area (Å²) in [5.74, 6) is 2.29. The molecule has 0 radical (unpaired) electrons. The van der Waals surface area contributed by atoms with Gasteiger partial charge in [-0.15, -0.1) is 0 Å². The van der Waals surface area contributed by atoms with Crippen LogP contribution in [0.2, 0.25) is 0 Å². The number of aryl methyl sites for hydroxylation is 1. The third-order valence-electron chi connectivity index (χ3n) is 6.67. The minimum atomic E-state index is -1.01. The first kappa shape index (κ1) is 24.1. The summed E-state index contributed by atoms with van der Waals surface area (Å²) in [6.45, 7) is 10.2. The molecule has 3 heterocycles. The van der Waals surface area contributed by atoms with Crippen molar-refractivity contribution < 1.29 is 9.50 Å². The van der Waals surface area contributed by atoms with Crippen LogP contribution in [-0.2, 0) is 18.6 Å². The van der Waals surface area contributed by atoms with Gasteiger partial charge in [-0.1, -0.05) is 6.92 Å². The van der Waals surface area contributed by atoms with Crippen molar-refractivity contribution in [1.29, 1.82) is 0 Å². The molecule has 36 heavy (non-hydrogen) atoms. The normalized spacial score (nSPS) is 13.9. The summed E-state index contributed by atoms with van der Waals surface area (Å²) in [5, 5.41) is 23.5. The highest BCUT2D eigenvalue weighted by Gasteiger charge is 2.28. The van der Waals surface area contributed by atoms with Crippen LogP contribution in [0.4, 0.5) is 16.0 Å². The van der Waals surface area contributed by atoms with Crippen molar-refractivity contribution in [2.24, 2.45) is 5.92 Å². The van der Waals surface area contributed by atoms with Gasteiger partial charge in [0.2, 0.25) is 0 Å². The Morgan fingerprint density at radius 2 is 1.83 bits per heavy atom. The van der Waals surface area contributed by atoms with Gasteiger partial charge in [-0.05, 0) is 77.1 Å². The lowest BCUT2D eigenvalue weighted by Crippen LogP contribution is -2.18. The van der Waals surface area contributed by atoms with Crippen molar-refractivity contribution in [2.75, 3.05) is 5.32 Å². The predicted molar refractivity (Wildman–Crippen MR) is 137 cm³/mol. The Balaban J connectivity index is 1.52. The number of anilines is 2. The number of hydrogen-bond acceptors (Lipinski definition) is 6. The number of aliphatic hydroxyl groups is 1. The molecule has 8 nitrogen and oxygen atoms in total. The van der Waals surface area contributed by atoms with Gasteiger partial charge >= 0.3 is 0 Å². The van der Waals surface area contributed by atoms with E-state index in [1.54, 1.807) is 18.5 Å². The second-order valence-electron chi connectivity index (χ2n) is 10.1. The number of hydrogen-bond donors (Lipinski definition) is 2. The Hall–Kier alpha value is -3.59. The average Bonchev–Trinajstić information content (AvgIpc) is 3.49. The van der Waals surface area contributed by atoms with E-state index in [0.29, 0.717) is 17.6 Å². The molecule has 2 N–H and O–H groups in total. The molecule has 0 spiro atoms. The van der Waals surface area contributed by atoms with E-state index in [4.69, 9.17) is 5.10 Å². The molecule has 0 atom stereocenters. The maximum Gasteiger partial charge on any atom is 0.159 e. The van der Waals surface area contributed by atoms with Gasteiger partial charge in [-0.3, -0.25) is 4.68 Å². The summed E-state index contributed by atoms with van der Waals surface area (Å²) in [7, 11) is 0. The van der Waals surface area contributed by atoms with Crippen LogP contribution in [-0.4, -0.2) is 34.6 Å². The van der Waals surface area contributed by atoms with E-state index in [2.05, 4.69) is 27.3 Å². The molecule has 3 aromatic heterocycles. The topological polar surface area (TPSA) is 93.7 Å². The van der Waals surface area contributed by atoms with E-state index in [1.165, 1.54) is 31.3 Å². The zero-order valence-corrected chi connectivity index (χ0v) is 21.4. The van der Waals surface area contributed by atoms with Crippen LogP contribution in [0.3, 0.4) is 0 Å². The second kappa shape index (κ2) is 9.13. The van der Waals surface area contributed by atoms with E-state index in [1.807, 2.05) is 36.7 Å². The fourth-order valence-electron chi connectivity index (χ4n) is 4.95. The number of aromatic nitrogens is 6. The van der Waals surface area contributed by atoms with Crippen molar-refractivity contribution in [2.45, 2.75) is 66.0 Å². The van der Waals surface area contributed by atoms with Crippen LogP contribution in [0.5, 0.6) is 0 Å². The largest absolute Gasteiger partial charge is 0.386 e. The Labute approximate surface area is 210 Å². The molecular weight excluding hydrogens is 457 g/mol. The number of benzene rings is 1. The molecule has 4 aromatic rings. The van der Waals surface area contributed by atoms with Crippen molar-refractivity contribution in [3.8, 4) is 17.1 Å². The van der Waals surface area contributed by atoms with E-state index >= 15 is 0 Å². The van der Waals surface area contributed by atoms with Crippen LogP contribution < -0.4 is 5.32 Å². The standard InChI is InChI=1S/C27H32FN7O/c1-6-21-25(19-9-11-20(28)12-10-19)34(14-18-7-8-18)33-26(21)31-22-13-23(30-15-29-22)35-17(3)24(16(2)32-35)27(4,5)36/h9-13,15,18,36H,6-8,14H2,1-5H3,(H,29,30,31,33). The first-order valence-corrected chi connectivity index (χ1v) is 12.4. The fourth-order valence-corrected chi connectivity index (χ4v) is 4.95.